The van der Waals surface area contributed by atoms with Gasteiger partial charge in [0.25, 0.3) is 5.91 Å². The Hall–Kier alpha value is -1.15. The molecule has 0 aromatic carbocycles. The van der Waals surface area contributed by atoms with E-state index in [0.717, 1.165) is 4.90 Å². The fraction of sp³-hybridized carbons (Fsp3) is 0.800. The molecular weight excluding hydrogens is 258 g/mol. The maximum Gasteiger partial charge on any atom is 0.325 e. The van der Waals surface area contributed by atoms with Gasteiger partial charge >= 0.3 is 6.03 Å². The van der Waals surface area contributed by atoms with Gasteiger partial charge in [0.15, 0.2) is 9.84 Å². The highest BCUT2D eigenvalue weighted by Crippen LogP contribution is 2.24. The predicted molar refractivity (Wildman–Crippen MR) is 64.8 cm³/mol. The number of urea groups is 1. The normalized spacial score (nSPS) is 28.2. The molecule has 18 heavy (non-hydrogen) atoms. The second-order valence-corrected chi connectivity index (χ2v) is 7.10. The van der Waals surface area contributed by atoms with Crippen molar-refractivity contribution in [3.05, 3.63) is 0 Å². The quantitative estimate of drug-likeness (QED) is 0.622. The van der Waals surface area contributed by atoms with Gasteiger partial charge in [-0.05, 0) is 13.0 Å². The molecule has 8 heteroatoms. The third kappa shape index (κ3) is 2.22. The van der Waals surface area contributed by atoms with E-state index in [2.05, 4.69) is 10.6 Å². The average molecular weight is 275 g/mol. The van der Waals surface area contributed by atoms with Crippen LogP contribution in [0.15, 0.2) is 0 Å². The van der Waals surface area contributed by atoms with Crippen LogP contribution >= 0.6 is 0 Å². The lowest BCUT2D eigenvalue weighted by molar-refractivity contribution is -0.130. The van der Waals surface area contributed by atoms with Crippen LogP contribution in [0, 0.1) is 0 Å². The first kappa shape index (κ1) is 13.3. The molecule has 7 nitrogen and oxygen atoms in total. The lowest BCUT2D eigenvalue weighted by atomic mass is 9.99. The number of rotatable bonds is 4. The van der Waals surface area contributed by atoms with Crippen LogP contribution in [0.4, 0.5) is 4.79 Å². The largest absolute Gasteiger partial charge is 0.325 e. The molecule has 1 unspecified atom stereocenters. The van der Waals surface area contributed by atoms with Gasteiger partial charge in [-0.15, -0.1) is 0 Å². The number of nitrogens with zero attached hydrogens (tertiary/aromatic N) is 1. The lowest BCUT2D eigenvalue weighted by Crippen LogP contribution is -2.48. The van der Waals surface area contributed by atoms with E-state index < -0.39 is 21.4 Å². The van der Waals surface area contributed by atoms with Crippen molar-refractivity contribution >= 4 is 21.8 Å². The van der Waals surface area contributed by atoms with Crippen LogP contribution in [0.25, 0.3) is 0 Å². The molecule has 1 atom stereocenters. The van der Waals surface area contributed by atoms with Crippen LogP contribution in [0.5, 0.6) is 0 Å². The minimum Gasteiger partial charge on any atom is -0.322 e. The fourth-order valence-corrected chi connectivity index (χ4v) is 2.98. The minimum absolute atomic E-state index is 0.0172. The summed E-state index contributed by atoms with van der Waals surface area (Å²) in [6.07, 6.45) is 0.550. The zero-order valence-electron chi connectivity index (χ0n) is 10.2. The van der Waals surface area contributed by atoms with E-state index in [9.17, 15) is 18.0 Å². The van der Waals surface area contributed by atoms with Crippen LogP contribution in [0.1, 0.15) is 13.3 Å². The van der Waals surface area contributed by atoms with E-state index >= 15 is 0 Å². The summed E-state index contributed by atoms with van der Waals surface area (Å²) < 4.78 is 22.8. The summed E-state index contributed by atoms with van der Waals surface area (Å²) in [6, 6.07) is -0.491. The number of imide groups is 1. The molecule has 102 valence electrons. The smallest absolute Gasteiger partial charge is 0.322 e. The third-order valence-corrected chi connectivity index (χ3v) is 5.15. The number of carbonyl (C=O) groups is 2. The number of hydrogen-bond donors (Lipinski definition) is 2. The first-order valence-electron chi connectivity index (χ1n) is 5.95. The molecule has 2 heterocycles. The van der Waals surface area contributed by atoms with Gasteiger partial charge < -0.3 is 10.6 Å². The van der Waals surface area contributed by atoms with E-state index in [0.29, 0.717) is 19.5 Å². The Kier molecular flexibility index (Phi) is 3.33. The van der Waals surface area contributed by atoms with Gasteiger partial charge in [-0.3, -0.25) is 9.69 Å². The van der Waals surface area contributed by atoms with Crippen LogP contribution < -0.4 is 10.6 Å². The summed E-state index contributed by atoms with van der Waals surface area (Å²) in [7, 11) is -3.18. The Labute approximate surface area is 106 Å². The Bertz CT molecular complexity index is 468. The highest BCUT2D eigenvalue weighted by molar-refractivity contribution is 7.91. The minimum atomic E-state index is -3.18. The van der Waals surface area contributed by atoms with Crippen molar-refractivity contribution in [2.45, 2.75) is 18.9 Å². The first-order chi connectivity index (χ1) is 8.40. The van der Waals surface area contributed by atoms with Crippen LogP contribution in [0.3, 0.4) is 0 Å². The van der Waals surface area contributed by atoms with Crippen LogP contribution in [-0.4, -0.2) is 61.9 Å². The second kappa shape index (κ2) is 4.51. The molecule has 2 aliphatic rings. The SMILES string of the molecule is CCS(=O)(=O)CCN1C(=O)NC2(CCNC2)C1=O. The fourth-order valence-electron chi connectivity index (χ4n) is 2.24. The zero-order chi connectivity index (χ0) is 13.4. The molecule has 0 bridgehead atoms. The van der Waals surface area contributed by atoms with E-state index in [-0.39, 0.29) is 24.0 Å². The number of amides is 3. The average Bonchev–Trinajstić information content (AvgIpc) is 2.86. The lowest BCUT2D eigenvalue weighted by Gasteiger charge is -2.19. The molecule has 1 spiro atoms. The summed E-state index contributed by atoms with van der Waals surface area (Å²) >= 11 is 0. The van der Waals surface area contributed by atoms with Crippen LogP contribution in [-0.2, 0) is 14.6 Å². The van der Waals surface area contributed by atoms with Gasteiger partial charge in [0.1, 0.15) is 5.54 Å². The summed E-state index contributed by atoms with van der Waals surface area (Å²) in [5.41, 5.74) is -0.854. The van der Waals surface area contributed by atoms with Gasteiger partial charge in [-0.1, -0.05) is 6.92 Å². The first-order valence-corrected chi connectivity index (χ1v) is 7.78. The van der Waals surface area contributed by atoms with Crippen molar-refractivity contribution in [2.75, 3.05) is 31.1 Å². The summed E-state index contributed by atoms with van der Waals surface area (Å²) in [4.78, 5) is 24.9. The summed E-state index contributed by atoms with van der Waals surface area (Å²) in [5, 5.41) is 5.69. The molecule has 2 fully saturated rings. The van der Waals surface area contributed by atoms with E-state index in [1.165, 1.54) is 0 Å². The van der Waals surface area contributed by atoms with Gasteiger partial charge in [0.2, 0.25) is 0 Å². The zero-order valence-corrected chi connectivity index (χ0v) is 11.0. The Morgan fingerprint density at radius 1 is 1.39 bits per heavy atom. The van der Waals surface area contributed by atoms with Crippen LogP contribution in [0.2, 0.25) is 0 Å². The van der Waals surface area contributed by atoms with E-state index in [1.54, 1.807) is 6.92 Å². The molecule has 0 aliphatic carbocycles. The topological polar surface area (TPSA) is 95.6 Å². The predicted octanol–water partition coefficient (Wildman–Crippen LogP) is -1.29. The van der Waals surface area contributed by atoms with Crippen molar-refractivity contribution in [3.63, 3.8) is 0 Å². The highest BCUT2D eigenvalue weighted by atomic mass is 32.2. The van der Waals surface area contributed by atoms with Crippen molar-refractivity contribution in [1.82, 2.24) is 15.5 Å². The molecule has 3 amide bonds. The highest BCUT2D eigenvalue weighted by Gasteiger charge is 2.52. The summed E-state index contributed by atoms with van der Waals surface area (Å²) in [6.45, 7) is 2.56. The van der Waals surface area contributed by atoms with E-state index in [4.69, 9.17) is 0 Å². The molecule has 2 rings (SSSR count). The van der Waals surface area contributed by atoms with Gasteiger partial charge in [0.05, 0.1) is 5.75 Å². The molecule has 0 saturated carbocycles. The molecule has 2 saturated heterocycles. The molecular formula is C10H17N3O4S. The standard InChI is InChI=1S/C10H17N3O4S/c1-2-18(16,17)6-5-13-8(14)10(12-9(13)15)3-4-11-7-10/h11H,2-7H2,1H3,(H,12,15). The van der Waals surface area contributed by atoms with Crippen molar-refractivity contribution < 1.29 is 18.0 Å². The monoisotopic (exact) mass is 275 g/mol. The number of carbonyl (C=O) groups excluding carboxylic acids is 2. The summed E-state index contributed by atoms with van der Waals surface area (Å²) in [5.74, 6) is -0.473. The number of nitrogens with one attached hydrogen (secondary N) is 2. The van der Waals surface area contributed by atoms with Gasteiger partial charge in [-0.2, -0.15) is 0 Å². The maximum absolute atomic E-state index is 12.2. The number of sulfone groups is 1. The molecule has 2 N–H and O–H groups in total. The molecule has 0 aromatic heterocycles. The van der Waals surface area contributed by atoms with Crippen molar-refractivity contribution in [2.24, 2.45) is 0 Å². The molecule has 0 radical (unpaired) electrons. The molecule has 0 aromatic rings. The van der Waals surface area contributed by atoms with Gasteiger partial charge in [0, 0.05) is 18.8 Å². The van der Waals surface area contributed by atoms with E-state index in [1.807, 2.05) is 0 Å². The van der Waals surface area contributed by atoms with Crippen molar-refractivity contribution in [1.29, 1.82) is 0 Å². The maximum atomic E-state index is 12.2. The van der Waals surface area contributed by atoms with Crippen molar-refractivity contribution in [3.8, 4) is 0 Å². The Morgan fingerprint density at radius 3 is 2.67 bits per heavy atom. The molecule has 2 aliphatic heterocycles. The third-order valence-electron chi connectivity index (χ3n) is 3.47. The Morgan fingerprint density at radius 2 is 2.11 bits per heavy atom. The van der Waals surface area contributed by atoms with Gasteiger partial charge in [-0.25, -0.2) is 13.2 Å². The Balaban J connectivity index is 2.06. The number of hydrogen-bond acceptors (Lipinski definition) is 5. The second-order valence-electron chi connectivity index (χ2n) is 4.63.